The number of rotatable bonds is 10. The van der Waals surface area contributed by atoms with E-state index in [-0.39, 0.29) is 15.8 Å². The summed E-state index contributed by atoms with van der Waals surface area (Å²) in [7, 11) is -3.77. The summed E-state index contributed by atoms with van der Waals surface area (Å²) < 4.78 is 15.7. The average Bonchev–Trinajstić information content (AvgIpc) is 2.91. The van der Waals surface area contributed by atoms with Crippen LogP contribution in [0, 0.1) is 3.80 Å². The van der Waals surface area contributed by atoms with Gasteiger partial charge in [-0.2, -0.15) is 0 Å². The average molecular weight is 917 g/mol. The molecule has 4 fully saturated rings. The molecule has 0 aromatic heterocycles. The quantitative estimate of drug-likeness (QED) is 0.162. The number of halogens is 2. The molecular formula is C30H62Br2NOP2ReSi2+2. The predicted octanol–water partition coefficient (Wildman–Crippen LogP) is 12.0. The van der Waals surface area contributed by atoms with Crippen molar-refractivity contribution in [2.24, 2.45) is 0 Å². The molecule has 230 valence electrons. The zero-order chi connectivity index (χ0) is 28.3. The Hall–Kier alpha value is 2.59. The third-order valence-electron chi connectivity index (χ3n) is 10.3. The first kappa shape index (κ1) is 36.1. The zero-order valence-corrected chi connectivity index (χ0v) is 35.7. The molecule has 4 saturated carbocycles. The van der Waals surface area contributed by atoms with Crippen molar-refractivity contribution < 1.29 is 16.5 Å². The van der Waals surface area contributed by atoms with Crippen LogP contribution in [-0.4, -0.2) is 50.8 Å². The third-order valence-corrected chi connectivity index (χ3v) is 31.3. The van der Waals surface area contributed by atoms with Gasteiger partial charge in [-0.1, -0.05) is 25.7 Å². The van der Waals surface area contributed by atoms with Gasteiger partial charge in [0.2, 0.25) is 16.6 Å². The molecule has 0 amide bonds. The van der Waals surface area contributed by atoms with Crippen molar-refractivity contribution in [1.29, 1.82) is 3.80 Å². The molecular weight excluding hydrogens is 854 g/mol. The van der Waals surface area contributed by atoms with Crippen molar-refractivity contribution in [1.82, 2.24) is 0 Å². The van der Waals surface area contributed by atoms with Gasteiger partial charge >= 0.3 is 43.0 Å². The molecule has 0 atom stereocenters. The summed E-state index contributed by atoms with van der Waals surface area (Å²) in [5.41, 5.74) is 4.50. The van der Waals surface area contributed by atoms with Gasteiger partial charge < -0.3 is 4.12 Å². The number of hydrogen-bond acceptors (Lipinski definition) is 2. The van der Waals surface area contributed by atoms with Gasteiger partial charge in [-0.25, -0.2) is 0 Å². The van der Waals surface area contributed by atoms with Crippen LogP contribution in [0.25, 0.3) is 0 Å². The van der Waals surface area contributed by atoms with E-state index in [0.29, 0.717) is 0 Å². The summed E-state index contributed by atoms with van der Waals surface area (Å²) in [6.45, 7) is 10.7. The first-order valence-corrected chi connectivity index (χ1v) is 39.7. The summed E-state index contributed by atoms with van der Waals surface area (Å²) >= 11 is 4.02. The van der Waals surface area contributed by atoms with E-state index in [1.807, 2.05) is 0 Å². The minimum absolute atomic E-state index is 0.275. The topological polar surface area (TPSA) is 33.0 Å². The van der Waals surface area contributed by atoms with Gasteiger partial charge in [0, 0.05) is 15.8 Å². The summed E-state index contributed by atoms with van der Waals surface area (Å²) in [5.74, 6) is 3.16. The first-order valence-electron chi connectivity index (χ1n) is 16.7. The van der Waals surface area contributed by atoms with Crippen LogP contribution < -0.4 is 0 Å². The molecule has 9 heteroatoms. The SMILES string of the molecule is C[Si](C)(C[PH+](C1CCCCC1)C1CCCCC1)O[Si](C)(C)C[PH+](C1CCCCC1)C1CCCCC1.[N]#[Re]([Br])[Br]. The second-order valence-corrected chi connectivity index (χ2v) is 48.1. The Morgan fingerprint density at radius 1 is 0.538 bits per heavy atom. The minimum atomic E-state index is -1.84. The van der Waals surface area contributed by atoms with E-state index in [4.69, 9.17) is 7.92 Å². The zero-order valence-electron chi connectivity index (χ0n) is 25.9. The maximum atomic E-state index is 8.07. The fourth-order valence-electron chi connectivity index (χ4n) is 8.94. The molecule has 0 spiro atoms. The van der Waals surface area contributed by atoms with E-state index in [1.54, 1.807) is 62.9 Å². The van der Waals surface area contributed by atoms with Crippen LogP contribution in [-0.2, 0) is 16.5 Å². The Morgan fingerprint density at radius 2 is 0.744 bits per heavy atom. The molecule has 2 nitrogen and oxygen atoms in total. The summed E-state index contributed by atoms with van der Waals surface area (Å²) in [6, 6.07) is 0. The molecule has 39 heavy (non-hydrogen) atoms. The van der Waals surface area contributed by atoms with Crippen molar-refractivity contribution in [2.45, 2.75) is 177 Å². The van der Waals surface area contributed by atoms with Gasteiger partial charge in [0.25, 0.3) is 0 Å². The van der Waals surface area contributed by atoms with Crippen LogP contribution in [0.1, 0.15) is 128 Å². The van der Waals surface area contributed by atoms with E-state index < -0.39 is 29.0 Å². The molecule has 4 aliphatic carbocycles. The van der Waals surface area contributed by atoms with E-state index in [0.717, 1.165) is 22.6 Å². The molecule has 4 aliphatic rings. The van der Waals surface area contributed by atoms with E-state index in [2.05, 4.69) is 53.0 Å². The fourth-order valence-corrected chi connectivity index (χ4v) is 35.2. The molecule has 0 bridgehead atoms. The summed E-state index contributed by atoms with van der Waals surface area (Å²) in [4.78, 5) is 0. The Morgan fingerprint density at radius 3 is 0.949 bits per heavy atom. The molecule has 0 aliphatic heterocycles. The van der Waals surface area contributed by atoms with Crippen LogP contribution >= 0.6 is 42.7 Å². The molecule has 0 heterocycles. The predicted molar refractivity (Wildman–Crippen MR) is 189 cm³/mol. The Labute approximate surface area is 266 Å². The molecule has 4 rings (SSSR count). The molecule has 0 radical (unpaired) electrons. The molecule has 0 unspecified atom stereocenters. The van der Waals surface area contributed by atoms with Gasteiger partial charge in [0.1, 0.15) is 0 Å². The molecule has 0 aromatic rings. The van der Waals surface area contributed by atoms with Gasteiger partial charge in [-0.05, 0) is 129 Å². The van der Waals surface area contributed by atoms with Crippen molar-refractivity contribution in [3.05, 3.63) is 0 Å². The maximum absolute atomic E-state index is 8.07. The first-order chi connectivity index (χ1) is 18.6. The van der Waals surface area contributed by atoms with Crippen LogP contribution in [0.15, 0.2) is 0 Å². The van der Waals surface area contributed by atoms with Crippen molar-refractivity contribution in [3.8, 4) is 0 Å². The van der Waals surface area contributed by atoms with Crippen molar-refractivity contribution >= 4 is 59.3 Å². The van der Waals surface area contributed by atoms with E-state index in [1.165, 1.54) is 77.0 Å². The molecule has 0 saturated heterocycles. The van der Waals surface area contributed by atoms with E-state index in [9.17, 15) is 0 Å². The number of nitrogens with zero attached hydrogens (tertiary/aromatic N) is 1. The Balaban J connectivity index is 0.000000983. The normalized spacial score (nSPS) is 23.8. The van der Waals surface area contributed by atoms with Crippen molar-refractivity contribution in [2.75, 3.05) is 11.6 Å². The summed E-state index contributed by atoms with van der Waals surface area (Å²) in [6.07, 6.45) is 30.9. The van der Waals surface area contributed by atoms with Gasteiger partial charge in [-0.15, -0.1) is 0 Å². The van der Waals surface area contributed by atoms with Crippen LogP contribution in [0.4, 0.5) is 0 Å². The monoisotopic (exact) mass is 915 g/mol. The van der Waals surface area contributed by atoms with Gasteiger partial charge in [-0.3, -0.25) is 0 Å². The Bertz CT molecular complexity index is 666. The second kappa shape index (κ2) is 18.5. The standard InChI is InChI=1S/C30H60OP2Si2.2BrH.N.Re/c1-34(2,25-32(27-17-9-5-10-18-27)28-19-11-6-12-20-28)31-35(3,4)26-33(29-21-13-7-14-22-29)30-23-15-8-16-24-30;;;;/h27-30H,5-26H2,1-4H3;2*1H;;/q;;;;+2. The second-order valence-electron chi connectivity index (χ2n) is 14.6. The van der Waals surface area contributed by atoms with E-state index >= 15 is 0 Å². The molecule has 0 N–H and O–H groups in total. The fraction of sp³-hybridized carbons (Fsp3) is 1.00. The van der Waals surface area contributed by atoms with Crippen LogP contribution in [0.2, 0.25) is 26.2 Å². The molecule has 0 aromatic carbocycles. The number of hydrogen-bond donors (Lipinski definition) is 0. The summed E-state index contributed by atoms with van der Waals surface area (Å²) in [5, 5.41) is 0. The van der Waals surface area contributed by atoms with Gasteiger partial charge in [0.15, 0.2) is 0 Å². The van der Waals surface area contributed by atoms with Crippen molar-refractivity contribution in [3.63, 3.8) is 0 Å². The van der Waals surface area contributed by atoms with Gasteiger partial charge in [0.05, 0.1) is 34.2 Å². The third kappa shape index (κ3) is 13.6. The Kier molecular flexibility index (Phi) is 17.1. The van der Waals surface area contributed by atoms with Crippen LogP contribution in [0.5, 0.6) is 0 Å². The van der Waals surface area contributed by atoms with Crippen LogP contribution in [0.3, 0.4) is 0 Å².